The van der Waals surface area contributed by atoms with Crippen molar-refractivity contribution in [1.29, 1.82) is 0 Å². The predicted molar refractivity (Wildman–Crippen MR) is 68.9 cm³/mol. The molecule has 0 bridgehead atoms. The van der Waals surface area contributed by atoms with Crippen molar-refractivity contribution in [2.24, 2.45) is 0 Å². The first-order valence-corrected chi connectivity index (χ1v) is 6.32. The van der Waals surface area contributed by atoms with E-state index in [9.17, 15) is 5.11 Å². The molecule has 0 fully saturated rings. The third kappa shape index (κ3) is 2.71. The molecule has 1 atom stereocenters. The Labute approximate surface area is 100 Å². The third-order valence-corrected chi connectivity index (χ3v) is 3.56. The Morgan fingerprint density at radius 2 is 1.88 bits per heavy atom. The van der Waals surface area contributed by atoms with Crippen LogP contribution >= 0.6 is 11.3 Å². The lowest BCUT2D eigenvalue weighted by Crippen LogP contribution is -2.00. The van der Waals surface area contributed by atoms with Crippen LogP contribution in [0.2, 0.25) is 0 Å². The second-order valence-corrected chi connectivity index (χ2v) is 5.21. The highest BCUT2D eigenvalue weighted by Gasteiger charge is 2.09. The zero-order valence-corrected chi connectivity index (χ0v) is 10.4. The van der Waals surface area contributed by atoms with Gasteiger partial charge in [0, 0.05) is 11.3 Å². The lowest BCUT2D eigenvalue weighted by molar-refractivity contribution is 0.182. The fourth-order valence-corrected chi connectivity index (χ4v) is 2.70. The molecule has 16 heavy (non-hydrogen) atoms. The van der Waals surface area contributed by atoms with E-state index in [1.165, 1.54) is 16.7 Å². The van der Waals surface area contributed by atoms with Crippen molar-refractivity contribution in [3.63, 3.8) is 0 Å². The Morgan fingerprint density at radius 1 is 1.19 bits per heavy atom. The highest BCUT2D eigenvalue weighted by molar-refractivity contribution is 7.10. The molecule has 0 aliphatic heterocycles. The molecule has 0 amide bonds. The molecule has 0 spiro atoms. The molecule has 84 valence electrons. The summed E-state index contributed by atoms with van der Waals surface area (Å²) in [6.07, 6.45) is 0.324. The average molecular weight is 232 g/mol. The van der Waals surface area contributed by atoms with E-state index in [1.807, 2.05) is 17.5 Å². The van der Waals surface area contributed by atoms with Crippen LogP contribution in [0.5, 0.6) is 0 Å². The van der Waals surface area contributed by atoms with E-state index in [0.29, 0.717) is 6.42 Å². The Hall–Kier alpha value is -1.12. The summed E-state index contributed by atoms with van der Waals surface area (Å²) in [7, 11) is 0. The number of hydrogen-bond donors (Lipinski definition) is 1. The first kappa shape index (κ1) is 11.4. The monoisotopic (exact) mass is 232 g/mol. The molecule has 2 heteroatoms. The van der Waals surface area contributed by atoms with Crippen molar-refractivity contribution >= 4 is 11.3 Å². The van der Waals surface area contributed by atoms with Gasteiger partial charge in [0.15, 0.2) is 0 Å². The Morgan fingerprint density at radius 3 is 2.44 bits per heavy atom. The summed E-state index contributed by atoms with van der Waals surface area (Å²) in [6, 6.07) is 10.4. The van der Waals surface area contributed by atoms with Crippen LogP contribution in [-0.4, -0.2) is 5.11 Å². The van der Waals surface area contributed by atoms with Crippen LogP contribution in [0.4, 0.5) is 0 Å². The molecule has 1 aromatic heterocycles. The zero-order chi connectivity index (χ0) is 11.5. The summed E-state index contributed by atoms with van der Waals surface area (Å²) in [5.74, 6) is 0. The maximum atomic E-state index is 10.1. The molecule has 1 nitrogen and oxygen atoms in total. The van der Waals surface area contributed by atoms with Crippen LogP contribution in [-0.2, 0) is 6.42 Å². The quantitative estimate of drug-likeness (QED) is 0.856. The summed E-state index contributed by atoms with van der Waals surface area (Å²) in [5.41, 5.74) is 3.72. The topological polar surface area (TPSA) is 20.2 Å². The van der Waals surface area contributed by atoms with Gasteiger partial charge in [-0.25, -0.2) is 0 Å². The lowest BCUT2D eigenvalue weighted by Gasteiger charge is -2.10. The van der Waals surface area contributed by atoms with E-state index in [4.69, 9.17) is 0 Å². The van der Waals surface area contributed by atoms with Gasteiger partial charge in [-0.15, -0.1) is 11.3 Å². The second kappa shape index (κ2) is 4.81. The highest BCUT2D eigenvalue weighted by Crippen LogP contribution is 2.23. The van der Waals surface area contributed by atoms with E-state index in [-0.39, 0.29) is 6.10 Å². The van der Waals surface area contributed by atoms with Crippen LogP contribution in [0.25, 0.3) is 0 Å². The average Bonchev–Trinajstić information content (AvgIpc) is 2.68. The molecule has 1 N–H and O–H groups in total. The number of benzene rings is 1. The van der Waals surface area contributed by atoms with Crippen molar-refractivity contribution in [2.75, 3.05) is 0 Å². The summed E-state index contributed by atoms with van der Waals surface area (Å²) in [4.78, 5) is 1.04. The summed E-state index contributed by atoms with van der Waals surface area (Å²) < 4.78 is 0. The maximum absolute atomic E-state index is 10.1. The number of thiophene rings is 1. The first-order valence-electron chi connectivity index (χ1n) is 5.44. The van der Waals surface area contributed by atoms with E-state index >= 15 is 0 Å². The Bertz CT molecular complexity index is 439. The minimum atomic E-state index is -0.374. The fourth-order valence-electron chi connectivity index (χ4n) is 1.99. The lowest BCUT2D eigenvalue weighted by atomic mass is 10.0. The summed E-state index contributed by atoms with van der Waals surface area (Å²) in [5, 5.41) is 12.1. The van der Waals surface area contributed by atoms with Gasteiger partial charge in [-0.3, -0.25) is 0 Å². The number of aliphatic hydroxyl groups is 1. The van der Waals surface area contributed by atoms with Gasteiger partial charge in [0.05, 0.1) is 6.10 Å². The Kier molecular flexibility index (Phi) is 3.42. The van der Waals surface area contributed by atoms with Crippen molar-refractivity contribution < 1.29 is 5.11 Å². The predicted octanol–water partition coefficient (Wildman–Crippen LogP) is 3.64. The summed E-state index contributed by atoms with van der Waals surface area (Å²) in [6.45, 7) is 4.18. The molecular formula is C14H16OS. The second-order valence-electron chi connectivity index (χ2n) is 4.23. The van der Waals surface area contributed by atoms with Crippen molar-refractivity contribution in [3.8, 4) is 0 Å². The minimum absolute atomic E-state index is 0.374. The Balaban J connectivity index is 2.15. The van der Waals surface area contributed by atoms with Gasteiger partial charge in [-0.1, -0.05) is 35.4 Å². The molecule has 1 unspecified atom stereocenters. The number of aliphatic hydroxyl groups excluding tert-OH is 1. The van der Waals surface area contributed by atoms with Crippen LogP contribution in [0.3, 0.4) is 0 Å². The van der Waals surface area contributed by atoms with Crippen LogP contribution < -0.4 is 0 Å². The number of aryl methyl sites for hydroxylation is 2. The minimum Gasteiger partial charge on any atom is -0.387 e. The molecule has 0 saturated carbocycles. The van der Waals surface area contributed by atoms with Crippen LogP contribution in [0.15, 0.2) is 35.7 Å². The molecule has 0 aliphatic carbocycles. The van der Waals surface area contributed by atoms with E-state index in [1.54, 1.807) is 11.3 Å². The standard InChI is InChI=1S/C14H16OS/c1-10-6-11(2)8-12(7-10)9-13(15)14-4-3-5-16-14/h3-8,13,15H,9H2,1-2H3. The SMILES string of the molecule is Cc1cc(C)cc(CC(O)c2cccs2)c1. The zero-order valence-electron chi connectivity index (χ0n) is 9.60. The molecule has 0 radical (unpaired) electrons. The van der Waals surface area contributed by atoms with Gasteiger partial charge in [-0.05, 0) is 30.9 Å². The smallest absolute Gasteiger partial charge is 0.0922 e. The fraction of sp³-hybridized carbons (Fsp3) is 0.286. The van der Waals surface area contributed by atoms with Gasteiger partial charge < -0.3 is 5.11 Å². The molecule has 0 saturated heterocycles. The van der Waals surface area contributed by atoms with E-state index < -0.39 is 0 Å². The molecular weight excluding hydrogens is 216 g/mol. The molecule has 1 aromatic carbocycles. The third-order valence-electron chi connectivity index (χ3n) is 2.58. The van der Waals surface area contributed by atoms with Gasteiger partial charge in [0.25, 0.3) is 0 Å². The van der Waals surface area contributed by atoms with E-state index in [2.05, 4.69) is 32.0 Å². The molecule has 0 aliphatic rings. The van der Waals surface area contributed by atoms with Crippen molar-refractivity contribution in [1.82, 2.24) is 0 Å². The van der Waals surface area contributed by atoms with Gasteiger partial charge in [0.2, 0.25) is 0 Å². The van der Waals surface area contributed by atoms with E-state index in [0.717, 1.165) is 4.88 Å². The largest absolute Gasteiger partial charge is 0.387 e. The normalized spacial score (nSPS) is 12.7. The van der Waals surface area contributed by atoms with Gasteiger partial charge >= 0.3 is 0 Å². The van der Waals surface area contributed by atoms with Gasteiger partial charge in [-0.2, -0.15) is 0 Å². The van der Waals surface area contributed by atoms with Crippen LogP contribution in [0, 0.1) is 13.8 Å². The molecule has 2 rings (SSSR count). The molecule has 1 heterocycles. The summed E-state index contributed by atoms with van der Waals surface area (Å²) >= 11 is 1.61. The highest BCUT2D eigenvalue weighted by atomic mass is 32.1. The van der Waals surface area contributed by atoms with Crippen molar-refractivity contribution in [3.05, 3.63) is 57.3 Å². The number of rotatable bonds is 3. The first-order chi connectivity index (χ1) is 7.65. The maximum Gasteiger partial charge on any atom is 0.0922 e. The molecule has 2 aromatic rings. The van der Waals surface area contributed by atoms with Gasteiger partial charge in [0.1, 0.15) is 0 Å². The number of hydrogen-bond acceptors (Lipinski definition) is 2. The van der Waals surface area contributed by atoms with Crippen LogP contribution in [0.1, 0.15) is 27.7 Å². The van der Waals surface area contributed by atoms with Crippen molar-refractivity contribution in [2.45, 2.75) is 26.4 Å².